The van der Waals surface area contributed by atoms with Crippen molar-refractivity contribution < 1.29 is 18.7 Å². The van der Waals surface area contributed by atoms with Gasteiger partial charge >= 0.3 is 0 Å². The third-order valence-electron chi connectivity index (χ3n) is 5.43. The van der Waals surface area contributed by atoms with Gasteiger partial charge in [-0.3, -0.25) is 4.79 Å². The highest BCUT2D eigenvalue weighted by atomic mass is 16.7. The zero-order chi connectivity index (χ0) is 22.9. The summed E-state index contributed by atoms with van der Waals surface area (Å²) in [7, 11) is 0. The number of ether oxygens (including phenoxy) is 2. The molecule has 8 heteroatoms. The van der Waals surface area contributed by atoms with Crippen LogP contribution in [0.4, 0.5) is 0 Å². The van der Waals surface area contributed by atoms with Gasteiger partial charge in [-0.25, -0.2) is 10.1 Å². The molecule has 0 spiro atoms. The lowest BCUT2D eigenvalue weighted by atomic mass is 10.2. The smallest absolute Gasteiger partial charge is 0.271 e. The van der Waals surface area contributed by atoms with Crippen LogP contribution >= 0.6 is 0 Å². The van der Waals surface area contributed by atoms with Crippen LogP contribution in [-0.2, 0) is 0 Å². The van der Waals surface area contributed by atoms with Gasteiger partial charge in [0, 0.05) is 22.7 Å². The third-order valence-corrected chi connectivity index (χ3v) is 5.43. The molecule has 34 heavy (non-hydrogen) atoms. The van der Waals surface area contributed by atoms with Crippen LogP contribution in [0.2, 0.25) is 0 Å². The van der Waals surface area contributed by atoms with Crippen LogP contribution in [-0.4, -0.2) is 28.7 Å². The van der Waals surface area contributed by atoms with Crippen molar-refractivity contribution in [3.63, 3.8) is 0 Å². The molecular formula is C26H18N4O4. The van der Waals surface area contributed by atoms with Crippen molar-refractivity contribution in [2.45, 2.75) is 0 Å². The van der Waals surface area contributed by atoms with E-state index in [-0.39, 0.29) is 12.7 Å². The largest absolute Gasteiger partial charge is 0.454 e. The molecule has 3 aromatic carbocycles. The summed E-state index contributed by atoms with van der Waals surface area (Å²) in [5.41, 5.74) is 5.94. The summed E-state index contributed by atoms with van der Waals surface area (Å²) in [5, 5.41) is 9.87. The average molecular weight is 450 g/mol. The number of hydrogen-bond donors (Lipinski definition) is 1. The zero-order valence-electron chi connectivity index (χ0n) is 17.8. The summed E-state index contributed by atoms with van der Waals surface area (Å²) < 4.78 is 18.4. The van der Waals surface area contributed by atoms with Crippen LogP contribution in [0.15, 0.2) is 94.6 Å². The van der Waals surface area contributed by atoms with Crippen LogP contribution in [0.1, 0.15) is 15.9 Å². The van der Waals surface area contributed by atoms with Crippen molar-refractivity contribution in [1.29, 1.82) is 0 Å². The first-order chi connectivity index (χ1) is 16.7. The van der Waals surface area contributed by atoms with Gasteiger partial charge in [0.1, 0.15) is 11.3 Å². The Bertz CT molecular complexity index is 1500. The quantitative estimate of drug-likeness (QED) is 0.307. The van der Waals surface area contributed by atoms with E-state index in [1.54, 1.807) is 29.1 Å². The average Bonchev–Trinajstić information content (AvgIpc) is 3.61. The Morgan fingerprint density at radius 2 is 1.79 bits per heavy atom. The summed E-state index contributed by atoms with van der Waals surface area (Å²) in [4.78, 5) is 12.6. The molecule has 6 rings (SSSR count). The first-order valence-electron chi connectivity index (χ1n) is 10.6. The zero-order valence-corrected chi connectivity index (χ0v) is 17.8. The van der Waals surface area contributed by atoms with Gasteiger partial charge in [0.05, 0.1) is 11.9 Å². The number of carbonyl (C=O) groups is 1. The summed E-state index contributed by atoms with van der Waals surface area (Å²) in [6, 6.07) is 24.4. The topological polar surface area (TPSA) is 90.9 Å². The molecule has 0 atom stereocenters. The third kappa shape index (κ3) is 3.67. The Hall–Kier alpha value is -4.85. The van der Waals surface area contributed by atoms with E-state index in [2.05, 4.69) is 10.5 Å². The minimum Gasteiger partial charge on any atom is -0.454 e. The van der Waals surface area contributed by atoms with Crippen molar-refractivity contribution in [3.05, 3.63) is 96.2 Å². The highest BCUT2D eigenvalue weighted by Crippen LogP contribution is 2.32. The van der Waals surface area contributed by atoms with Gasteiger partial charge < -0.3 is 13.9 Å². The Balaban J connectivity index is 1.31. The SMILES string of the molecule is O=C(N/N=C/c1cn(-c2ccccc2)nc1-c1cc2ccccc2o1)c1ccc2c(c1)OCO2. The standard InChI is InChI=1S/C26H18N4O4/c31-26(18-10-11-22-23(13-18)33-16-32-22)28-27-14-19-15-30(20-7-2-1-3-8-20)29-25(19)24-12-17-6-4-5-9-21(17)34-24/h1-15H,16H2,(H,28,31)/b27-14+. The lowest BCUT2D eigenvalue weighted by molar-refractivity contribution is 0.0954. The summed E-state index contributed by atoms with van der Waals surface area (Å²) in [6.07, 6.45) is 3.40. The number of nitrogens with one attached hydrogen (secondary N) is 1. The Morgan fingerprint density at radius 1 is 0.971 bits per heavy atom. The predicted molar refractivity (Wildman–Crippen MR) is 126 cm³/mol. The van der Waals surface area contributed by atoms with Crippen molar-refractivity contribution in [2.24, 2.45) is 5.10 Å². The molecule has 0 unspecified atom stereocenters. The van der Waals surface area contributed by atoms with Gasteiger partial charge in [-0.2, -0.15) is 10.2 Å². The maximum atomic E-state index is 12.6. The maximum Gasteiger partial charge on any atom is 0.271 e. The van der Waals surface area contributed by atoms with Crippen LogP contribution in [0.5, 0.6) is 11.5 Å². The predicted octanol–water partition coefficient (Wildman–Crippen LogP) is 4.78. The first-order valence-corrected chi connectivity index (χ1v) is 10.6. The van der Waals surface area contributed by atoms with Gasteiger partial charge in [0.2, 0.25) is 6.79 Å². The number of para-hydroxylation sites is 2. The normalized spacial score (nSPS) is 12.5. The van der Waals surface area contributed by atoms with Crippen molar-refractivity contribution in [3.8, 4) is 28.6 Å². The van der Waals surface area contributed by atoms with E-state index in [1.165, 1.54) is 0 Å². The Kier molecular flexibility index (Phi) is 4.81. The minimum absolute atomic E-state index is 0.147. The van der Waals surface area contributed by atoms with Gasteiger partial charge in [-0.15, -0.1) is 0 Å². The highest BCUT2D eigenvalue weighted by Gasteiger charge is 2.17. The number of hydrogen-bond acceptors (Lipinski definition) is 6. The van der Waals surface area contributed by atoms with E-state index < -0.39 is 0 Å². The molecule has 0 saturated carbocycles. The number of benzene rings is 3. The molecule has 0 fully saturated rings. The Morgan fingerprint density at radius 3 is 2.68 bits per heavy atom. The monoisotopic (exact) mass is 450 g/mol. The number of aromatic nitrogens is 2. The second kappa shape index (κ2) is 8.25. The molecule has 0 saturated heterocycles. The molecule has 0 aliphatic carbocycles. The van der Waals surface area contributed by atoms with Crippen molar-refractivity contribution >= 4 is 23.1 Å². The number of furan rings is 1. The van der Waals surface area contributed by atoms with E-state index in [1.807, 2.05) is 66.9 Å². The number of nitrogens with zero attached hydrogens (tertiary/aromatic N) is 3. The first kappa shape index (κ1) is 19.8. The highest BCUT2D eigenvalue weighted by molar-refractivity contribution is 5.96. The van der Waals surface area contributed by atoms with Crippen LogP contribution in [0.25, 0.3) is 28.1 Å². The lowest BCUT2D eigenvalue weighted by Crippen LogP contribution is -2.17. The molecular weight excluding hydrogens is 432 g/mol. The van der Waals surface area contributed by atoms with Gasteiger partial charge in [0.15, 0.2) is 17.3 Å². The van der Waals surface area contributed by atoms with Crippen LogP contribution in [0.3, 0.4) is 0 Å². The Labute approximate surface area is 194 Å². The molecule has 5 aromatic rings. The van der Waals surface area contributed by atoms with E-state index >= 15 is 0 Å². The number of rotatable bonds is 5. The van der Waals surface area contributed by atoms with E-state index in [4.69, 9.17) is 19.0 Å². The molecule has 0 radical (unpaired) electrons. The number of fused-ring (bicyclic) bond motifs is 2. The van der Waals surface area contributed by atoms with Crippen molar-refractivity contribution in [2.75, 3.05) is 6.79 Å². The molecule has 1 aliphatic heterocycles. The molecule has 1 N–H and O–H groups in total. The molecule has 0 bridgehead atoms. The van der Waals surface area contributed by atoms with Gasteiger partial charge in [-0.1, -0.05) is 36.4 Å². The molecule has 8 nitrogen and oxygen atoms in total. The molecule has 2 aromatic heterocycles. The summed E-state index contributed by atoms with van der Waals surface area (Å²) in [5.74, 6) is 1.39. The number of hydrazone groups is 1. The van der Waals surface area contributed by atoms with Crippen molar-refractivity contribution in [1.82, 2.24) is 15.2 Å². The molecule has 166 valence electrons. The van der Waals surface area contributed by atoms with Gasteiger partial charge in [0.25, 0.3) is 5.91 Å². The second-order valence-corrected chi connectivity index (χ2v) is 7.63. The minimum atomic E-state index is -0.365. The fourth-order valence-corrected chi connectivity index (χ4v) is 3.75. The van der Waals surface area contributed by atoms with E-state index in [9.17, 15) is 4.79 Å². The van der Waals surface area contributed by atoms with Crippen LogP contribution < -0.4 is 14.9 Å². The summed E-state index contributed by atoms with van der Waals surface area (Å²) >= 11 is 0. The second-order valence-electron chi connectivity index (χ2n) is 7.63. The lowest BCUT2D eigenvalue weighted by Gasteiger charge is -2.01. The van der Waals surface area contributed by atoms with E-state index in [0.29, 0.717) is 34.1 Å². The fourth-order valence-electron chi connectivity index (χ4n) is 3.75. The number of carbonyl (C=O) groups excluding carboxylic acids is 1. The van der Waals surface area contributed by atoms with Crippen LogP contribution in [0, 0.1) is 0 Å². The van der Waals surface area contributed by atoms with Gasteiger partial charge in [-0.05, 0) is 42.5 Å². The maximum absolute atomic E-state index is 12.6. The molecule has 1 amide bonds. The molecule has 3 heterocycles. The molecule has 1 aliphatic rings. The van der Waals surface area contributed by atoms with E-state index in [0.717, 1.165) is 16.7 Å². The summed E-state index contributed by atoms with van der Waals surface area (Å²) in [6.45, 7) is 0.147. The number of amides is 1. The fraction of sp³-hybridized carbons (Fsp3) is 0.0385.